The molecule has 0 saturated heterocycles. The first-order valence-electron chi connectivity index (χ1n) is 7.83. The molecule has 0 aliphatic rings. The second-order valence-corrected chi connectivity index (χ2v) is 8.62. The number of nitrogens with zero attached hydrogens (tertiary/aromatic N) is 3. The number of aromatic nitrogens is 2. The third-order valence-corrected chi connectivity index (χ3v) is 6.51. The highest BCUT2D eigenvalue weighted by molar-refractivity contribution is 7.89. The van der Waals surface area contributed by atoms with Gasteiger partial charge in [-0.3, -0.25) is 14.9 Å². The van der Waals surface area contributed by atoms with Crippen LogP contribution in [0.25, 0.3) is 10.6 Å². The van der Waals surface area contributed by atoms with Crippen LogP contribution in [-0.4, -0.2) is 29.7 Å². The summed E-state index contributed by atoms with van der Waals surface area (Å²) in [6, 6.07) is 9.80. The van der Waals surface area contributed by atoms with Gasteiger partial charge in [0.25, 0.3) is 11.2 Å². The first kappa shape index (κ1) is 20.1. The lowest BCUT2D eigenvalue weighted by molar-refractivity contribution is -0.385. The largest absolute Gasteiger partial charge is 0.270 e. The third-order valence-electron chi connectivity index (χ3n) is 3.67. The Labute approximate surface area is 168 Å². The van der Waals surface area contributed by atoms with Crippen molar-refractivity contribution >= 4 is 38.6 Å². The summed E-state index contributed by atoms with van der Waals surface area (Å²) in [7, 11) is -4.11. The number of thiophene rings is 1. The molecule has 146 valence electrons. The van der Waals surface area contributed by atoms with E-state index in [0.29, 0.717) is 5.69 Å². The van der Waals surface area contributed by atoms with Crippen LogP contribution < -0.4 is 10.3 Å². The zero-order valence-corrected chi connectivity index (χ0v) is 16.5. The van der Waals surface area contributed by atoms with Gasteiger partial charge < -0.3 is 0 Å². The van der Waals surface area contributed by atoms with E-state index in [-0.39, 0.29) is 23.7 Å². The predicted molar refractivity (Wildman–Crippen MR) is 105 cm³/mol. The van der Waals surface area contributed by atoms with Gasteiger partial charge in [-0.1, -0.05) is 17.7 Å². The average Bonchev–Trinajstić information content (AvgIpc) is 3.18. The van der Waals surface area contributed by atoms with E-state index in [9.17, 15) is 23.3 Å². The summed E-state index contributed by atoms with van der Waals surface area (Å²) in [5.41, 5.74) is -0.182. The van der Waals surface area contributed by atoms with Crippen LogP contribution in [0.15, 0.2) is 57.5 Å². The minimum atomic E-state index is -4.11. The fourth-order valence-corrected chi connectivity index (χ4v) is 4.57. The molecule has 1 aromatic carbocycles. The van der Waals surface area contributed by atoms with Gasteiger partial charge in [0.1, 0.15) is 10.6 Å². The molecular weight excluding hydrogens is 428 g/mol. The molecule has 0 aliphatic carbocycles. The number of rotatable bonds is 7. The van der Waals surface area contributed by atoms with E-state index >= 15 is 0 Å². The predicted octanol–water partition coefficient (Wildman–Crippen LogP) is 2.51. The zero-order chi connectivity index (χ0) is 20.3. The van der Waals surface area contributed by atoms with Gasteiger partial charge in [0.2, 0.25) is 10.0 Å². The van der Waals surface area contributed by atoms with Crippen LogP contribution in [0.5, 0.6) is 0 Å². The average molecular weight is 441 g/mol. The van der Waals surface area contributed by atoms with E-state index in [4.69, 9.17) is 11.6 Å². The van der Waals surface area contributed by atoms with Crippen LogP contribution in [0.1, 0.15) is 0 Å². The van der Waals surface area contributed by atoms with Gasteiger partial charge >= 0.3 is 0 Å². The molecule has 0 saturated carbocycles. The van der Waals surface area contributed by atoms with Crippen LogP contribution in [-0.2, 0) is 16.6 Å². The van der Waals surface area contributed by atoms with Gasteiger partial charge in [0.05, 0.1) is 21.4 Å². The molecule has 3 rings (SSSR count). The maximum atomic E-state index is 12.4. The number of hydrogen-bond acceptors (Lipinski definition) is 7. The molecule has 1 N–H and O–H groups in total. The highest BCUT2D eigenvalue weighted by Crippen LogP contribution is 2.26. The SMILES string of the molecule is O=c1ccc(-c2cccs2)nn1CCNS(=O)(=O)c1cc([N+](=O)[O-])ccc1Cl. The fourth-order valence-electron chi connectivity index (χ4n) is 2.34. The van der Waals surface area contributed by atoms with Crippen molar-refractivity contribution in [2.24, 2.45) is 0 Å². The van der Waals surface area contributed by atoms with Gasteiger partial charge in [-0.2, -0.15) is 5.10 Å². The van der Waals surface area contributed by atoms with E-state index in [2.05, 4.69) is 9.82 Å². The Hall–Kier alpha value is -2.60. The zero-order valence-electron chi connectivity index (χ0n) is 14.1. The molecule has 0 amide bonds. The minimum Gasteiger partial charge on any atom is -0.268 e. The Morgan fingerprint density at radius 2 is 2.04 bits per heavy atom. The van der Waals surface area contributed by atoms with Gasteiger partial charge in [-0.15, -0.1) is 11.3 Å². The molecule has 0 atom stereocenters. The Bertz CT molecular complexity index is 1180. The first-order valence-corrected chi connectivity index (χ1v) is 10.6. The van der Waals surface area contributed by atoms with Gasteiger partial charge in [0, 0.05) is 24.7 Å². The van der Waals surface area contributed by atoms with Crippen molar-refractivity contribution in [2.45, 2.75) is 11.4 Å². The van der Waals surface area contributed by atoms with Crippen molar-refractivity contribution in [3.8, 4) is 10.6 Å². The fraction of sp³-hybridized carbons (Fsp3) is 0.125. The highest BCUT2D eigenvalue weighted by atomic mass is 35.5. The third kappa shape index (κ3) is 4.44. The van der Waals surface area contributed by atoms with Crippen LogP contribution in [0, 0.1) is 10.1 Å². The molecule has 12 heteroatoms. The lowest BCUT2D eigenvalue weighted by Crippen LogP contribution is -2.32. The van der Waals surface area contributed by atoms with E-state index < -0.39 is 25.5 Å². The maximum absolute atomic E-state index is 12.4. The summed E-state index contributed by atoms with van der Waals surface area (Å²) in [6.45, 7) is -0.175. The summed E-state index contributed by atoms with van der Waals surface area (Å²) in [5.74, 6) is 0. The maximum Gasteiger partial charge on any atom is 0.270 e. The number of hydrogen-bond donors (Lipinski definition) is 1. The number of halogens is 1. The highest BCUT2D eigenvalue weighted by Gasteiger charge is 2.21. The molecule has 0 unspecified atom stereocenters. The second-order valence-electron chi connectivity index (χ2n) is 5.53. The lowest BCUT2D eigenvalue weighted by atomic mass is 10.3. The smallest absolute Gasteiger partial charge is 0.268 e. The Morgan fingerprint density at radius 3 is 2.71 bits per heavy atom. The topological polar surface area (TPSA) is 124 Å². The summed E-state index contributed by atoms with van der Waals surface area (Å²) < 4.78 is 28.3. The molecular formula is C16H13ClN4O5S2. The van der Waals surface area contributed by atoms with Crippen molar-refractivity contribution in [3.63, 3.8) is 0 Å². The summed E-state index contributed by atoms with van der Waals surface area (Å²) >= 11 is 7.34. The number of nitro benzene ring substituents is 1. The van der Waals surface area contributed by atoms with Gasteiger partial charge in [0.15, 0.2) is 0 Å². The monoisotopic (exact) mass is 440 g/mol. The quantitative estimate of drug-likeness (QED) is 0.444. The molecule has 0 aliphatic heterocycles. The standard InChI is InChI=1S/C16H13ClN4O5S2/c17-12-4-3-11(21(23)24)10-15(12)28(25,26)18-7-8-20-16(22)6-5-13(19-20)14-2-1-9-27-14/h1-6,9-10,18H,7-8H2. The van der Waals surface area contributed by atoms with E-state index in [1.807, 2.05) is 17.5 Å². The molecule has 3 aromatic rings. The Kier molecular flexibility index (Phi) is 5.89. The number of nitrogens with one attached hydrogen (secondary N) is 1. The van der Waals surface area contributed by atoms with Crippen molar-refractivity contribution in [3.05, 3.63) is 73.3 Å². The van der Waals surface area contributed by atoms with Crippen LogP contribution in [0.2, 0.25) is 5.02 Å². The number of sulfonamides is 1. The molecule has 9 nitrogen and oxygen atoms in total. The van der Waals surface area contributed by atoms with E-state index in [0.717, 1.165) is 27.8 Å². The van der Waals surface area contributed by atoms with Crippen LogP contribution >= 0.6 is 22.9 Å². The minimum absolute atomic E-state index is 0.0240. The van der Waals surface area contributed by atoms with E-state index in [1.165, 1.54) is 17.4 Å². The Balaban J connectivity index is 1.76. The van der Waals surface area contributed by atoms with Gasteiger partial charge in [-0.25, -0.2) is 17.8 Å². The number of benzene rings is 1. The van der Waals surface area contributed by atoms with E-state index in [1.54, 1.807) is 6.07 Å². The van der Waals surface area contributed by atoms with Crippen LogP contribution in [0.3, 0.4) is 0 Å². The first-order chi connectivity index (χ1) is 13.3. The molecule has 0 bridgehead atoms. The van der Waals surface area contributed by atoms with Crippen LogP contribution in [0.4, 0.5) is 5.69 Å². The molecule has 2 aromatic heterocycles. The normalized spacial score (nSPS) is 11.5. The summed E-state index contributed by atoms with van der Waals surface area (Å²) in [4.78, 5) is 22.6. The second kappa shape index (κ2) is 8.19. The summed E-state index contributed by atoms with van der Waals surface area (Å²) in [5, 5.41) is 16.8. The molecule has 28 heavy (non-hydrogen) atoms. The Morgan fingerprint density at radius 1 is 1.25 bits per heavy atom. The molecule has 0 fully saturated rings. The number of nitro groups is 1. The van der Waals surface area contributed by atoms with Crippen molar-refractivity contribution < 1.29 is 13.3 Å². The van der Waals surface area contributed by atoms with Crippen molar-refractivity contribution in [1.82, 2.24) is 14.5 Å². The van der Waals surface area contributed by atoms with Gasteiger partial charge in [-0.05, 0) is 23.6 Å². The van der Waals surface area contributed by atoms with Crippen molar-refractivity contribution in [2.75, 3.05) is 6.54 Å². The molecule has 0 spiro atoms. The summed E-state index contributed by atoms with van der Waals surface area (Å²) in [6.07, 6.45) is 0. The lowest BCUT2D eigenvalue weighted by Gasteiger charge is -2.09. The number of non-ortho nitro benzene ring substituents is 1. The molecule has 0 radical (unpaired) electrons. The van der Waals surface area contributed by atoms with Crippen molar-refractivity contribution in [1.29, 1.82) is 0 Å². The molecule has 2 heterocycles.